The number of nitrogens with zero attached hydrogens (tertiary/aromatic N) is 2. The number of rotatable bonds is 3. The zero-order valence-corrected chi connectivity index (χ0v) is 9.77. The van der Waals surface area contributed by atoms with Gasteiger partial charge in [0.25, 0.3) is 0 Å². The zero-order chi connectivity index (χ0) is 11.5. The fourth-order valence-electron chi connectivity index (χ4n) is 1.73. The Morgan fingerprint density at radius 1 is 1.19 bits per heavy atom. The van der Waals surface area contributed by atoms with Crippen molar-refractivity contribution in [2.75, 3.05) is 20.6 Å². The standard InChI is InChI=1S/C14H16N2/c1-11(10-16(2)3)13-9-8-12-6-4-5-7-14(12)15-13/h4-9H,1,10H2,2-3H3. The highest BCUT2D eigenvalue weighted by Crippen LogP contribution is 2.16. The van der Waals surface area contributed by atoms with E-state index in [1.807, 2.05) is 38.4 Å². The molecule has 0 aliphatic heterocycles. The number of hydrogen-bond acceptors (Lipinski definition) is 2. The van der Waals surface area contributed by atoms with Crippen molar-refractivity contribution in [1.29, 1.82) is 0 Å². The van der Waals surface area contributed by atoms with E-state index in [9.17, 15) is 0 Å². The predicted molar refractivity (Wildman–Crippen MR) is 69.3 cm³/mol. The summed E-state index contributed by atoms with van der Waals surface area (Å²) in [7, 11) is 4.07. The van der Waals surface area contributed by atoms with Gasteiger partial charge in [0.1, 0.15) is 0 Å². The predicted octanol–water partition coefficient (Wildman–Crippen LogP) is 2.81. The highest BCUT2D eigenvalue weighted by Gasteiger charge is 2.03. The van der Waals surface area contributed by atoms with E-state index < -0.39 is 0 Å². The van der Waals surface area contributed by atoms with Crippen molar-refractivity contribution in [3.8, 4) is 0 Å². The number of para-hydroxylation sites is 1. The summed E-state index contributed by atoms with van der Waals surface area (Å²) in [6.07, 6.45) is 0. The summed E-state index contributed by atoms with van der Waals surface area (Å²) in [5.41, 5.74) is 3.06. The van der Waals surface area contributed by atoms with Crippen molar-refractivity contribution in [2.24, 2.45) is 0 Å². The molecular formula is C14H16N2. The van der Waals surface area contributed by atoms with Crippen LogP contribution in [0.1, 0.15) is 5.69 Å². The molecular weight excluding hydrogens is 196 g/mol. The zero-order valence-electron chi connectivity index (χ0n) is 9.77. The first-order chi connectivity index (χ1) is 7.66. The van der Waals surface area contributed by atoms with Crippen LogP contribution in [0.2, 0.25) is 0 Å². The first-order valence-corrected chi connectivity index (χ1v) is 5.35. The number of pyridine rings is 1. The van der Waals surface area contributed by atoms with Crippen LogP contribution in [0.5, 0.6) is 0 Å². The van der Waals surface area contributed by atoms with E-state index in [0.717, 1.165) is 23.3 Å². The third kappa shape index (κ3) is 2.28. The third-order valence-corrected chi connectivity index (χ3v) is 2.47. The minimum absolute atomic E-state index is 0.839. The van der Waals surface area contributed by atoms with Gasteiger partial charge in [-0.2, -0.15) is 0 Å². The van der Waals surface area contributed by atoms with E-state index in [1.165, 1.54) is 5.39 Å². The lowest BCUT2D eigenvalue weighted by molar-refractivity contribution is 0.463. The molecule has 2 heteroatoms. The van der Waals surface area contributed by atoms with Crippen molar-refractivity contribution in [3.63, 3.8) is 0 Å². The number of hydrogen-bond donors (Lipinski definition) is 0. The summed E-state index contributed by atoms with van der Waals surface area (Å²) in [6, 6.07) is 12.3. The van der Waals surface area contributed by atoms with Crippen molar-refractivity contribution in [2.45, 2.75) is 0 Å². The Kier molecular flexibility index (Phi) is 3.02. The van der Waals surface area contributed by atoms with Gasteiger partial charge in [-0.05, 0) is 31.8 Å². The summed E-state index contributed by atoms with van der Waals surface area (Å²) < 4.78 is 0. The van der Waals surface area contributed by atoms with Gasteiger partial charge in [0.05, 0.1) is 11.2 Å². The van der Waals surface area contributed by atoms with Crippen LogP contribution in [-0.2, 0) is 0 Å². The van der Waals surface area contributed by atoms with Crippen molar-refractivity contribution < 1.29 is 0 Å². The molecule has 0 amide bonds. The van der Waals surface area contributed by atoms with Crippen LogP contribution in [0.4, 0.5) is 0 Å². The number of aromatic nitrogens is 1. The van der Waals surface area contributed by atoms with Crippen LogP contribution in [0, 0.1) is 0 Å². The summed E-state index contributed by atoms with van der Waals surface area (Å²) in [4.78, 5) is 6.70. The minimum Gasteiger partial charge on any atom is -0.305 e. The number of likely N-dealkylation sites (N-methyl/N-ethyl adjacent to an activating group) is 1. The molecule has 2 nitrogen and oxygen atoms in total. The monoisotopic (exact) mass is 212 g/mol. The molecule has 0 atom stereocenters. The van der Waals surface area contributed by atoms with Gasteiger partial charge in [-0.15, -0.1) is 0 Å². The Labute approximate surface area is 96.2 Å². The molecule has 1 aromatic carbocycles. The molecule has 0 fully saturated rings. The molecule has 82 valence electrons. The van der Waals surface area contributed by atoms with Crippen LogP contribution in [0.3, 0.4) is 0 Å². The Balaban J connectivity index is 2.35. The van der Waals surface area contributed by atoms with Gasteiger partial charge in [-0.1, -0.05) is 30.8 Å². The highest BCUT2D eigenvalue weighted by molar-refractivity contribution is 5.80. The molecule has 2 aromatic rings. The number of fused-ring (bicyclic) bond motifs is 1. The van der Waals surface area contributed by atoms with E-state index in [4.69, 9.17) is 0 Å². The maximum absolute atomic E-state index is 4.60. The van der Waals surface area contributed by atoms with Crippen LogP contribution in [0.25, 0.3) is 16.5 Å². The van der Waals surface area contributed by atoms with Crippen molar-refractivity contribution in [1.82, 2.24) is 9.88 Å². The average Bonchev–Trinajstić information content (AvgIpc) is 2.27. The highest BCUT2D eigenvalue weighted by atomic mass is 15.1. The molecule has 2 rings (SSSR count). The smallest absolute Gasteiger partial charge is 0.0709 e. The van der Waals surface area contributed by atoms with E-state index in [2.05, 4.69) is 28.6 Å². The second kappa shape index (κ2) is 4.45. The second-order valence-electron chi connectivity index (χ2n) is 4.23. The summed E-state index contributed by atoms with van der Waals surface area (Å²) in [6.45, 7) is 4.91. The molecule has 0 spiro atoms. The fraction of sp³-hybridized carbons (Fsp3) is 0.214. The lowest BCUT2D eigenvalue weighted by Crippen LogP contribution is -2.14. The molecule has 0 bridgehead atoms. The Hall–Kier alpha value is -1.67. The lowest BCUT2D eigenvalue weighted by Gasteiger charge is -2.12. The van der Waals surface area contributed by atoms with E-state index in [0.29, 0.717) is 0 Å². The van der Waals surface area contributed by atoms with Gasteiger partial charge in [-0.25, -0.2) is 4.98 Å². The van der Waals surface area contributed by atoms with Gasteiger partial charge < -0.3 is 4.90 Å². The largest absolute Gasteiger partial charge is 0.305 e. The molecule has 0 saturated carbocycles. The van der Waals surface area contributed by atoms with Crippen LogP contribution >= 0.6 is 0 Å². The van der Waals surface area contributed by atoms with Gasteiger partial charge in [-0.3, -0.25) is 0 Å². The Morgan fingerprint density at radius 3 is 2.69 bits per heavy atom. The van der Waals surface area contributed by atoms with Gasteiger partial charge in [0.2, 0.25) is 0 Å². The molecule has 0 aliphatic carbocycles. The molecule has 0 aliphatic rings. The maximum Gasteiger partial charge on any atom is 0.0709 e. The molecule has 0 N–H and O–H groups in total. The van der Waals surface area contributed by atoms with E-state index in [-0.39, 0.29) is 0 Å². The summed E-state index contributed by atoms with van der Waals surface area (Å²) in [5, 5.41) is 1.17. The molecule has 1 heterocycles. The van der Waals surface area contributed by atoms with Gasteiger partial charge >= 0.3 is 0 Å². The second-order valence-corrected chi connectivity index (χ2v) is 4.23. The van der Waals surface area contributed by atoms with Crippen LogP contribution < -0.4 is 0 Å². The first-order valence-electron chi connectivity index (χ1n) is 5.35. The van der Waals surface area contributed by atoms with Gasteiger partial charge in [0.15, 0.2) is 0 Å². The fourth-order valence-corrected chi connectivity index (χ4v) is 1.73. The lowest BCUT2D eigenvalue weighted by atomic mass is 10.1. The quantitative estimate of drug-likeness (QED) is 0.777. The van der Waals surface area contributed by atoms with E-state index in [1.54, 1.807) is 0 Å². The first kappa shape index (κ1) is 10.8. The normalized spacial score (nSPS) is 10.9. The van der Waals surface area contributed by atoms with Crippen LogP contribution in [0.15, 0.2) is 43.0 Å². The SMILES string of the molecule is C=C(CN(C)C)c1ccc2ccccc2n1. The summed E-state index contributed by atoms with van der Waals surface area (Å²) >= 11 is 0. The molecule has 0 saturated heterocycles. The molecule has 0 radical (unpaired) electrons. The van der Waals surface area contributed by atoms with Crippen molar-refractivity contribution >= 4 is 16.5 Å². The molecule has 0 unspecified atom stereocenters. The van der Waals surface area contributed by atoms with Crippen LogP contribution in [-0.4, -0.2) is 30.5 Å². The average molecular weight is 212 g/mol. The Morgan fingerprint density at radius 2 is 1.94 bits per heavy atom. The maximum atomic E-state index is 4.60. The third-order valence-electron chi connectivity index (χ3n) is 2.47. The Bertz CT molecular complexity index is 515. The minimum atomic E-state index is 0.839. The summed E-state index contributed by atoms with van der Waals surface area (Å²) in [5.74, 6) is 0. The van der Waals surface area contributed by atoms with Gasteiger partial charge in [0, 0.05) is 11.9 Å². The van der Waals surface area contributed by atoms with E-state index >= 15 is 0 Å². The molecule has 16 heavy (non-hydrogen) atoms. The number of benzene rings is 1. The molecule has 1 aromatic heterocycles. The topological polar surface area (TPSA) is 16.1 Å². The van der Waals surface area contributed by atoms with Crippen molar-refractivity contribution in [3.05, 3.63) is 48.7 Å².